The van der Waals surface area contributed by atoms with Gasteiger partial charge >= 0.3 is 5.97 Å². The molecule has 1 aliphatic rings. The van der Waals surface area contributed by atoms with Gasteiger partial charge in [-0.05, 0) is 0 Å². The molecule has 0 bridgehead atoms. The molecule has 0 aromatic carbocycles. The normalized spacial score (nSPS) is 22.6. The van der Waals surface area contributed by atoms with Gasteiger partial charge in [-0.3, -0.25) is 15.4 Å². The molecule has 7 heteroatoms. The number of hydrogen-bond donors (Lipinski definition) is 2. The Kier molecular flexibility index (Phi) is 3.41. The number of carboxylic acid groups (broad SMARTS) is 1. The van der Waals surface area contributed by atoms with Crippen molar-refractivity contribution in [3.8, 4) is 0 Å². The van der Waals surface area contributed by atoms with Gasteiger partial charge in [0.15, 0.2) is 0 Å². The highest BCUT2D eigenvalue weighted by Gasteiger charge is 2.25. The predicted octanol–water partition coefficient (Wildman–Crippen LogP) is -0.907. The number of hydrogen-bond acceptors (Lipinski definition) is 5. The van der Waals surface area contributed by atoms with Gasteiger partial charge in [-0.15, -0.1) is 0 Å². The van der Waals surface area contributed by atoms with Crippen LogP contribution in [0.3, 0.4) is 0 Å². The predicted molar refractivity (Wildman–Crippen MR) is 47.1 cm³/mol. The van der Waals surface area contributed by atoms with Gasteiger partial charge in [-0.1, -0.05) is 0 Å². The Morgan fingerprint density at radius 3 is 3.00 bits per heavy atom. The van der Waals surface area contributed by atoms with Crippen molar-refractivity contribution in [3.05, 3.63) is 22.4 Å². The Labute approximate surface area is 80.2 Å². The van der Waals surface area contributed by atoms with Gasteiger partial charge in [0.05, 0.1) is 6.54 Å². The molecule has 0 amide bonds. The van der Waals surface area contributed by atoms with Gasteiger partial charge in [0.2, 0.25) is 0 Å². The molecule has 78 valence electrons. The number of carboxylic acids is 1. The molecule has 0 aliphatic carbocycles. The number of nitrogens with zero attached hydrogens (tertiary/aromatic N) is 2. The van der Waals surface area contributed by atoms with Gasteiger partial charge in [-0.2, -0.15) is 0 Å². The quantitative estimate of drug-likeness (QED) is 0.349. The third-order valence-corrected chi connectivity index (χ3v) is 1.87. The Morgan fingerprint density at radius 1 is 1.71 bits per heavy atom. The molecule has 0 aromatic rings. The molecule has 1 rings (SSSR count). The summed E-state index contributed by atoms with van der Waals surface area (Å²) in [6.45, 7) is 1.25. The summed E-state index contributed by atoms with van der Waals surface area (Å²) in [4.78, 5) is 21.8. The summed E-state index contributed by atoms with van der Waals surface area (Å²) in [6, 6.07) is 0. The van der Waals surface area contributed by atoms with Crippen molar-refractivity contribution in [2.75, 3.05) is 19.6 Å². The Balaban J connectivity index is 2.48. The van der Waals surface area contributed by atoms with Crippen molar-refractivity contribution in [2.24, 2.45) is 0 Å². The highest BCUT2D eigenvalue weighted by atomic mass is 16.6. The molecule has 2 N–H and O–H groups in total. The zero-order valence-electron chi connectivity index (χ0n) is 7.42. The van der Waals surface area contributed by atoms with Crippen LogP contribution in [0.1, 0.15) is 0 Å². The monoisotopic (exact) mass is 201 g/mol. The molecule has 1 aliphatic heterocycles. The molecular formula is C7H11N3O4. The summed E-state index contributed by atoms with van der Waals surface area (Å²) in [5.74, 6) is -1.05. The SMILES string of the molecule is O=C(O)/C=C/N1CCN[C@H]([N+](=O)[O-])C1. The summed E-state index contributed by atoms with van der Waals surface area (Å²) < 4.78 is 0. The summed E-state index contributed by atoms with van der Waals surface area (Å²) in [7, 11) is 0. The van der Waals surface area contributed by atoms with Gasteiger partial charge in [-0.25, -0.2) is 4.79 Å². The van der Waals surface area contributed by atoms with Crippen LogP contribution in [-0.2, 0) is 4.79 Å². The van der Waals surface area contributed by atoms with Crippen LogP contribution in [0.5, 0.6) is 0 Å². The molecule has 0 spiro atoms. The molecule has 0 saturated carbocycles. The number of nitro groups is 1. The second kappa shape index (κ2) is 4.56. The molecule has 0 radical (unpaired) electrons. The Hall–Kier alpha value is -1.63. The van der Waals surface area contributed by atoms with Crippen LogP contribution >= 0.6 is 0 Å². The lowest BCUT2D eigenvalue weighted by molar-refractivity contribution is -0.531. The minimum Gasteiger partial charge on any atom is -0.478 e. The Morgan fingerprint density at radius 2 is 2.43 bits per heavy atom. The van der Waals surface area contributed by atoms with Crippen LogP contribution in [0.25, 0.3) is 0 Å². The van der Waals surface area contributed by atoms with E-state index in [1.807, 2.05) is 0 Å². The molecule has 1 fully saturated rings. The van der Waals surface area contributed by atoms with Gasteiger partial charge < -0.3 is 10.0 Å². The summed E-state index contributed by atoms with van der Waals surface area (Å²) in [5.41, 5.74) is 0. The lowest BCUT2D eigenvalue weighted by Gasteiger charge is -2.27. The number of rotatable bonds is 3. The summed E-state index contributed by atoms with van der Waals surface area (Å²) in [6.07, 6.45) is 1.52. The lowest BCUT2D eigenvalue weighted by Crippen LogP contribution is -2.52. The van der Waals surface area contributed by atoms with Gasteiger partial charge in [0.1, 0.15) is 0 Å². The first kappa shape index (κ1) is 10.5. The average Bonchev–Trinajstić information content (AvgIpc) is 2.15. The maximum absolute atomic E-state index is 10.4. The molecule has 0 unspecified atom stereocenters. The maximum Gasteiger partial charge on any atom is 0.329 e. The minimum absolute atomic E-state index is 0.191. The Bertz CT molecular complexity index is 266. The van der Waals surface area contributed by atoms with Gasteiger partial charge in [0.25, 0.3) is 6.17 Å². The van der Waals surface area contributed by atoms with Crippen LogP contribution in [0.15, 0.2) is 12.3 Å². The van der Waals surface area contributed by atoms with E-state index in [0.717, 1.165) is 6.08 Å². The first-order chi connectivity index (χ1) is 6.59. The molecule has 0 aromatic heterocycles. The fourth-order valence-electron chi connectivity index (χ4n) is 1.20. The molecule has 14 heavy (non-hydrogen) atoms. The molecule has 1 saturated heterocycles. The van der Waals surface area contributed by atoms with Crippen LogP contribution in [0, 0.1) is 10.1 Å². The second-order valence-electron chi connectivity index (χ2n) is 2.90. The van der Waals surface area contributed by atoms with E-state index >= 15 is 0 Å². The smallest absolute Gasteiger partial charge is 0.329 e. The van der Waals surface area contributed by atoms with E-state index in [2.05, 4.69) is 5.32 Å². The van der Waals surface area contributed by atoms with Crippen LogP contribution in [0.4, 0.5) is 0 Å². The number of aliphatic carboxylic acids is 1. The van der Waals surface area contributed by atoms with Crippen molar-refractivity contribution in [2.45, 2.75) is 6.17 Å². The van der Waals surface area contributed by atoms with E-state index in [1.54, 1.807) is 4.90 Å². The zero-order chi connectivity index (χ0) is 10.6. The van der Waals surface area contributed by atoms with E-state index in [1.165, 1.54) is 6.20 Å². The standard InChI is InChI=1S/C7H11N3O4/c11-7(12)1-3-9-4-2-8-6(5-9)10(13)14/h1,3,6,8H,2,4-5H2,(H,11,12)/b3-1+/t6-/m1/s1. The number of carbonyl (C=O) groups is 1. The summed E-state index contributed by atoms with van der Waals surface area (Å²) in [5, 5.41) is 21.5. The van der Waals surface area contributed by atoms with Crippen molar-refractivity contribution in [3.63, 3.8) is 0 Å². The second-order valence-corrected chi connectivity index (χ2v) is 2.90. The largest absolute Gasteiger partial charge is 0.478 e. The van der Waals surface area contributed by atoms with E-state index in [-0.39, 0.29) is 6.54 Å². The van der Waals surface area contributed by atoms with E-state index in [0.29, 0.717) is 13.1 Å². The lowest BCUT2D eigenvalue weighted by atomic mass is 10.3. The topological polar surface area (TPSA) is 95.7 Å². The fraction of sp³-hybridized carbons (Fsp3) is 0.571. The highest BCUT2D eigenvalue weighted by Crippen LogP contribution is 2.00. The first-order valence-electron chi connectivity index (χ1n) is 4.11. The van der Waals surface area contributed by atoms with Crippen LogP contribution < -0.4 is 5.32 Å². The van der Waals surface area contributed by atoms with Crippen molar-refractivity contribution < 1.29 is 14.8 Å². The molecular weight excluding hydrogens is 190 g/mol. The van der Waals surface area contributed by atoms with Crippen molar-refractivity contribution >= 4 is 5.97 Å². The molecule has 7 nitrogen and oxygen atoms in total. The first-order valence-corrected chi connectivity index (χ1v) is 4.11. The fourth-order valence-corrected chi connectivity index (χ4v) is 1.20. The minimum atomic E-state index is -1.05. The van der Waals surface area contributed by atoms with Crippen LogP contribution in [0.2, 0.25) is 0 Å². The van der Waals surface area contributed by atoms with Crippen molar-refractivity contribution in [1.29, 1.82) is 0 Å². The van der Waals surface area contributed by atoms with E-state index in [9.17, 15) is 14.9 Å². The van der Waals surface area contributed by atoms with E-state index in [4.69, 9.17) is 5.11 Å². The average molecular weight is 201 g/mol. The number of piperazine rings is 1. The summed E-state index contributed by atoms with van der Waals surface area (Å²) >= 11 is 0. The van der Waals surface area contributed by atoms with Crippen LogP contribution in [-0.4, -0.2) is 46.7 Å². The van der Waals surface area contributed by atoms with E-state index < -0.39 is 17.1 Å². The number of nitrogens with one attached hydrogen (secondary N) is 1. The highest BCUT2D eigenvalue weighted by molar-refractivity contribution is 5.79. The molecule has 1 atom stereocenters. The third kappa shape index (κ3) is 3.02. The zero-order valence-corrected chi connectivity index (χ0v) is 7.42. The van der Waals surface area contributed by atoms with Gasteiger partial charge in [0, 0.05) is 30.3 Å². The third-order valence-electron chi connectivity index (χ3n) is 1.87. The molecule has 1 heterocycles. The maximum atomic E-state index is 10.4. The van der Waals surface area contributed by atoms with Crippen molar-refractivity contribution in [1.82, 2.24) is 10.2 Å².